The second-order valence-corrected chi connectivity index (χ2v) is 8.97. The number of aryl methyl sites for hydroxylation is 2. The number of alkyl halides is 2. The zero-order valence-corrected chi connectivity index (χ0v) is 18.0. The van der Waals surface area contributed by atoms with Crippen molar-refractivity contribution in [3.8, 4) is 0 Å². The maximum atomic E-state index is 15.1. The Hall–Kier alpha value is -2.91. The number of aromatic carboxylic acids is 1. The average Bonchev–Trinajstić information content (AvgIpc) is 2.86. The number of carboxylic acids is 1. The third kappa shape index (κ3) is 4.72. The Labute approximate surface area is 177 Å². The zero-order chi connectivity index (χ0) is 23.3. The van der Waals surface area contributed by atoms with E-state index >= 15 is 4.39 Å². The van der Waals surface area contributed by atoms with Crippen LogP contribution in [0.15, 0.2) is 6.07 Å². The summed E-state index contributed by atoms with van der Waals surface area (Å²) in [6.07, 6.45) is -1.46. The first-order valence-corrected chi connectivity index (χ1v) is 9.85. The van der Waals surface area contributed by atoms with Gasteiger partial charge in [0.15, 0.2) is 0 Å². The molecule has 0 bridgehead atoms. The minimum Gasteiger partial charge on any atom is -0.478 e. The molecular formula is C21H26F3N3O4. The van der Waals surface area contributed by atoms with Gasteiger partial charge in [-0.05, 0) is 46.2 Å². The molecule has 1 saturated heterocycles. The van der Waals surface area contributed by atoms with Crippen molar-refractivity contribution in [2.24, 2.45) is 0 Å². The van der Waals surface area contributed by atoms with Crippen LogP contribution in [0.25, 0.3) is 10.9 Å². The molecule has 0 aliphatic carbocycles. The summed E-state index contributed by atoms with van der Waals surface area (Å²) in [5, 5.41) is 12.1. The summed E-state index contributed by atoms with van der Waals surface area (Å²) in [7, 11) is 0. The van der Waals surface area contributed by atoms with Crippen LogP contribution in [0.1, 0.15) is 48.8 Å². The molecule has 0 saturated carbocycles. The molecule has 3 rings (SSSR count). The first kappa shape index (κ1) is 22.8. The van der Waals surface area contributed by atoms with Crippen LogP contribution >= 0.6 is 0 Å². The summed E-state index contributed by atoms with van der Waals surface area (Å²) in [6, 6.07) is -0.161. The molecular weight excluding hydrogens is 415 g/mol. The van der Waals surface area contributed by atoms with Crippen LogP contribution in [0.2, 0.25) is 0 Å². The molecule has 2 aromatic rings. The topological polar surface area (TPSA) is 94.7 Å². The van der Waals surface area contributed by atoms with Crippen molar-refractivity contribution in [3.05, 3.63) is 28.7 Å². The fourth-order valence-corrected chi connectivity index (χ4v) is 3.92. The standard InChI is InChI=1S/C21H26F3N3O4/c1-10-11(2)25-16-13(18(28)29)6-14(22)17(15(10)16)27-8-12(7-21(23,24)9-27)26-19(30)31-20(3,4)5/h6,12,25H,7-9H2,1-5H3,(H,26,30)(H,28,29)/t12-/m0/s1. The first-order valence-electron chi connectivity index (χ1n) is 9.85. The number of carbonyl (C=O) groups is 2. The number of benzene rings is 1. The number of nitrogens with zero attached hydrogens (tertiary/aromatic N) is 1. The van der Waals surface area contributed by atoms with Gasteiger partial charge in [0.2, 0.25) is 0 Å². The lowest BCUT2D eigenvalue weighted by atomic mass is 9.98. The van der Waals surface area contributed by atoms with E-state index in [0.29, 0.717) is 11.3 Å². The normalized spacial score (nSPS) is 18.8. The lowest BCUT2D eigenvalue weighted by molar-refractivity contribution is -0.0230. The van der Waals surface area contributed by atoms with Crippen molar-refractivity contribution in [3.63, 3.8) is 0 Å². The van der Waals surface area contributed by atoms with E-state index in [-0.39, 0.29) is 28.7 Å². The number of anilines is 1. The van der Waals surface area contributed by atoms with E-state index in [9.17, 15) is 23.5 Å². The molecule has 10 heteroatoms. The van der Waals surface area contributed by atoms with Gasteiger partial charge in [-0.1, -0.05) is 0 Å². The van der Waals surface area contributed by atoms with Crippen LogP contribution in [0.3, 0.4) is 0 Å². The first-order chi connectivity index (χ1) is 14.2. The molecule has 1 aromatic carbocycles. The predicted octanol–water partition coefficient (Wildman–Crippen LogP) is 4.36. The zero-order valence-electron chi connectivity index (χ0n) is 18.0. The SMILES string of the molecule is Cc1[nH]c2c(C(=O)O)cc(F)c(N3C[C@@H](NC(=O)OC(C)(C)C)CC(F)(F)C3)c2c1C. The van der Waals surface area contributed by atoms with E-state index in [1.807, 2.05) is 0 Å². The number of nitrogens with one attached hydrogen (secondary N) is 2. The van der Waals surface area contributed by atoms with E-state index in [1.165, 1.54) is 0 Å². The van der Waals surface area contributed by atoms with E-state index < -0.39 is 48.4 Å². The summed E-state index contributed by atoms with van der Waals surface area (Å²) in [5.74, 6) is -5.45. The monoisotopic (exact) mass is 441 g/mol. The second kappa shape index (κ2) is 7.65. The van der Waals surface area contributed by atoms with Gasteiger partial charge in [0, 0.05) is 24.0 Å². The molecule has 1 aliphatic heterocycles. The number of piperidine rings is 1. The van der Waals surface area contributed by atoms with Crippen molar-refractivity contribution < 1.29 is 32.6 Å². The Bertz CT molecular complexity index is 1040. The van der Waals surface area contributed by atoms with Gasteiger partial charge in [0.1, 0.15) is 11.4 Å². The van der Waals surface area contributed by atoms with Gasteiger partial charge in [-0.25, -0.2) is 22.8 Å². The van der Waals surface area contributed by atoms with E-state index in [4.69, 9.17) is 4.74 Å². The lowest BCUT2D eigenvalue weighted by Crippen LogP contribution is -2.56. The number of halogens is 3. The smallest absolute Gasteiger partial charge is 0.407 e. The van der Waals surface area contributed by atoms with Gasteiger partial charge in [-0.2, -0.15) is 0 Å². The quantitative estimate of drug-likeness (QED) is 0.658. The number of amides is 1. The van der Waals surface area contributed by atoms with Gasteiger partial charge in [0.05, 0.1) is 29.4 Å². The highest BCUT2D eigenvalue weighted by Gasteiger charge is 2.43. The summed E-state index contributed by atoms with van der Waals surface area (Å²) in [5.41, 5.74) is 0.154. The number of ether oxygens (including phenoxy) is 1. The van der Waals surface area contributed by atoms with E-state index in [2.05, 4.69) is 10.3 Å². The highest BCUT2D eigenvalue weighted by atomic mass is 19.3. The minimum atomic E-state index is -3.21. The number of carbonyl (C=O) groups excluding carboxylic acids is 1. The van der Waals surface area contributed by atoms with Crippen molar-refractivity contribution in [2.45, 2.75) is 58.6 Å². The molecule has 1 aliphatic rings. The van der Waals surface area contributed by atoms with Gasteiger partial charge < -0.3 is 25.0 Å². The van der Waals surface area contributed by atoms with Gasteiger partial charge in [0.25, 0.3) is 5.92 Å². The lowest BCUT2D eigenvalue weighted by Gasteiger charge is -2.39. The Morgan fingerprint density at radius 1 is 1.32 bits per heavy atom. The van der Waals surface area contributed by atoms with Crippen LogP contribution in [0.4, 0.5) is 23.7 Å². The number of aromatic nitrogens is 1. The summed E-state index contributed by atoms with van der Waals surface area (Å²) >= 11 is 0. The molecule has 170 valence electrons. The molecule has 1 aromatic heterocycles. The van der Waals surface area contributed by atoms with Gasteiger partial charge >= 0.3 is 12.1 Å². The second-order valence-electron chi connectivity index (χ2n) is 8.97. The number of aromatic amines is 1. The molecule has 1 fully saturated rings. The molecule has 2 heterocycles. The van der Waals surface area contributed by atoms with Gasteiger partial charge in [-0.3, -0.25) is 0 Å². The fraction of sp³-hybridized carbons (Fsp3) is 0.524. The molecule has 3 N–H and O–H groups in total. The Morgan fingerprint density at radius 3 is 2.55 bits per heavy atom. The summed E-state index contributed by atoms with van der Waals surface area (Å²) in [6.45, 7) is 7.48. The maximum Gasteiger partial charge on any atom is 0.407 e. The largest absolute Gasteiger partial charge is 0.478 e. The molecule has 0 unspecified atom stereocenters. The van der Waals surface area contributed by atoms with Crippen LogP contribution < -0.4 is 10.2 Å². The number of hydrogen-bond donors (Lipinski definition) is 3. The number of fused-ring (bicyclic) bond motifs is 1. The molecule has 1 atom stereocenters. The average molecular weight is 441 g/mol. The minimum absolute atomic E-state index is 0.0864. The molecule has 7 nitrogen and oxygen atoms in total. The molecule has 0 radical (unpaired) electrons. The maximum absolute atomic E-state index is 15.1. The Morgan fingerprint density at radius 2 is 1.97 bits per heavy atom. The Balaban J connectivity index is 2.03. The third-order valence-electron chi connectivity index (χ3n) is 5.18. The Kier molecular flexibility index (Phi) is 5.62. The van der Waals surface area contributed by atoms with Crippen molar-refractivity contribution in [1.82, 2.24) is 10.3 Å². The van der Waals surface area contributed by atoms with Gasteiger partial charge in [-0.15, -0.1) is 0 Å². The highest BCUT2D eigenvalue weighted by Crippen LogP contribution is 2.39. The number of hydrogen-bond acceptors (Lipinski definition) is 4. The van der Waals surface area contributed by atoms with Crippen molar-refractivity contribution in [1.29, 1.82) is 0 Å². The third-order valence-corrected chi connectivity index (χ3v) is 5.18. The van der Waals surface area contributed by atoms with Crippen LogP contribution in [-0.2, 0) is 4.74 Å². The van der Waals surface area contributed by atoms with E-state index in [0.717, 1.165) is 11.0 Å². The van der Waals surface area contributed by atoms with Crippen LogP contribution in [0, 0.1) is 19.7 Å². The number of H-pyrrole nitrogens is 1. The van der Waals surface area contributed by atoms with Crippen LogP contribution in [0.5, 0.6) is 0 Å². The van der Waals surface area contributed by atoms with Crippen LogP contribution in [-0.4, -0.2) is 52.8 Å². The predicted molar refractivity (Wildman–Crippen MR) is 110 cm³/mol. The fourth-order valence-electron chi connectivity index (χ4n) is 3.92. The van der Waals surface area contributed by atoms with E-state index in [1.54, 1.807) is 34.6 Å². The highest BCUT2D eigenvalue weighted by molar-refractivity contribution is 6.08. The number of carboxylic acid groups (broad SMARTS) is 1. The molecule has 1 amide bonds. The number of alkyl carbamates (subject to hydrolysis) is 1. The molecule has 0 spiro atoms. The summed E-state index contributed by atoms with van der Waals surface area (Å²) in [4.78, 5) is 27.8. The number of rotatable bonds is 3. The van der Waals surface area contributed by atoms with Crippen molar-refractivity contribution in [2.75, 3.05) is 18.0 Å². The molecule has 31 heavy (non-hydrogen) atoms. The summed E-state index contributed by atoms with van der Waals surface area (Å²) < 4.78 is 49.4. The van der Waals surface area contributed by atoms with Crippen molar-refractivity contribution >= 4 is 28.7 Å².